The Bertz CT molecular complexity index is 1450. The van der Waals surface area contributed by atoms with Crippen LogP contribution in [0.25, 0.3) is 33.2 Å². The molecule has 0 bridgehead atoms. The molecule has 30 heavy (non-hydrogen) atoms. The van der Waals surface area contributed by atoms with Crippen LogP contribution in [0.2, 0.25) is 0 Å². The van der Waals surface area contributed by atoms with Gasteiger partial charge in [0.05, 0.1) is 30.4 Å². The van der Waals surface area contributed by atoms with Crippen molar-refractivity contribution in [2.24, 2.45) is 5.10 Å². The molecule has 148 valence electrons. The Morgan fingerprint density at radius 3 is 2.57 bits per heavy atom. The Morgan fingerprint density at radius 2 is 1.80 bits per heavy atom. The van der Waals surface area contributed by atoms with Crippen molar-refractivity contribution in [2.45, 2.75) is 6.54 Å². The number of hydrogen-bond acceptors (Lipinski definition) is 5. The molecule has 0 saturated carbocycles. The van der Waals surface area contributed by atoms with E-state index in [1.807, 2.05) is 54.6 Å². The normalized spacial score (nSPS) is 11.9. The summed E-state index contributed by atoms with van der Waals surface area (Å²) in [5.74, 6) is 0. The second-order valence-electron chi connectivity index (χ2n) is 6.84. The van der Waals surface area contributed by atoms with Crippen molar-refractivity contribution in [2.75, 3.05) is 13.7 Å². The first-order chi connectivity index (χ1) is 14.8. The van der Waals surface area contributed by atoms with Gasteiger partial charge in [-0.1, -0.05) is 42.5 Å². The highest BCUT2D eigenvalue weighted by Crippen LogP contribution is 2.23. The second kappa shape index (κ2) is 7.49. The number of benzene rings is 2. The number of para-hydroxylation sites is 2. The highest BCUT2D eigenvalue weighted by Gasteiger charge is 2.24. The highest BCUT2D eigenvalue weighted by atomic mass is 16.5. The lowest BCUT2D eigenvalue weighted by molar-refractivity contribution is -0.357. The Morgan fingerprint density at radius 1 is 1.07 bits per heavy atom. The maximum atomic E-state index is 13.2. The number of nitrogens with zero attached hydrogens (tertiary/aromatic N) is 5. The first-order valence-corrected chi connectivity index (χ1v) is 9.56. The van der Waals surface area contributed by atoms with Gasteiger partial charge in [-0.2, -0.15) is 0 Å². The zero-order valence-corrected chi connectivity index (χ0v) is 16.3. The third-order valence-electron chi connectivity index (χ3n) is 4.93. The molecule has 1 N–H and O–H groups in total. The van der Waals surface area contributed by atoms with E-state index in [-0.39, 0.29) is 5.56 Å². The summed E-state index contributed by atoms with van der Waals surface area (Å²) < 4.78 is 8.34. The molecular formula is C22H19N6O2+. The van der Waals surface area contributed by atoms with Crippen molar-refractivity contribution >= 4 is 39.4 Å². The number of methoxy groups -OCH3 is 1. The summed E-state index contributed by atoms with van der Waals surface area (Å²) in [6, 6.07) is 17.3. The molecule has 0 saturated heterocycles. The number of nitrogens with one attached hydrogen (secondary N) is 1. The Labute approximate surface area is 171 Å². The van der Waals surface area contributed by atoms with Gasteiger partial charge in [0.25, 0.3) is 5.65 Å². The molecule has 0 amide bonds. The minimum absolute atomic E-state index is 0.163. The van der Waals surface area contributed by atoms with Crippen molar-refractivity contribution in [1.82, 2.24) is 19.2 Å². The fourth-order valence-electron chi connectivity index (χ4n) is 3.44. The number of fused-ring (bicyclic) bond motifs is 4. The lowest BCUT2D eigenvalue weighted by Gasteiger charge is -1.99. The maximum absolute atomic E-state index is 13.2. The van der Waals surface area contributed by atoms with E-state index < -0.39 is 0 Å². The SMILES string of the molecule is COCCn1c[nH+]c2c(c1=O)c1nc3ccccc3nc1n2N=Cc1ccccc1. The molecule has 3 aromatic heterocycles. The summed E-state index contributed by atoms with van der Waals surface area (Å²) in [5.41, 5.74) is 3.83. The molecule has 0 aliphatic rings. The largest absolute Gasteiger partial charge is 0.381 e. The zero-order chi connectivity index (χ0) is 20.5. The predicted octanol–water partition coefficient (Wildman–Crippen LogP) is 2.24. The van der Waals surface area contributed by atoms with Gasteiger partial charge in [-0.15, -0.1) is 9.78 Å². The standard InChI is InChI=1S/C22H18N6O2/c1-30-12-11-27-14-23-20-18(22(27)29)19-21(26-17-10-6-5-9-16(17)25-19)28(20)24-13-15-7-3-2-4-8-15/h2-10,13-14H,11-12H2,1H3/p+1. The molecule has 2 aromatic carbocycles. The first-order valence-electron chi connectivity index (χ1n) is 9.56. The highest BCUT2D eigenvalue weighted by molar-refractivity contribution is 6.03. The zero-order valence-electron chi connectivity index (χ0n) is 16.3. The third kappa shape index (κ3) is 3.03. The average molecular weight is 399 g/mol. The van der Waals surface area contributed by atoms with Crippen LogP contribution in [0.1, 0.15) is 5.56 Å². The molecule has 0 unspecified atom stereocenters. The van der Waals surface area contributed by atoms with Crippen LogP contribution >= 0.6 is 0 Å². The second-order valence-corrected chi connectivity index (χ2v) is 6.84. The molecule has 8 nitrogen and oxygen atoms in total. The van der Waals surface area contributed by atoms with Crippen LogP contribution in [-0.2, 0) is 11.3 Å². The smallest absolute Gasteiger partial charge is 0.322 e. The summed E-state index contributed by atoms with van der Waals surface area (Å²) in [6.07, 6.45) is 3.37. The number of aromatic nitrogens is 5. The van der Waals surface area contributed by atoms with Crippen molar-refractivity contribution in [3.05, 3.63) is 76.8 Å². The van der Waals surface area contributed by atoms with Gasteiger partial charge in [0.2, 0.25) is 5.65 Å². The monoisotopic (exact) mass is 399 g/mol. The minimum Gasteiger partial charge on any atom is -0.381 e. The molecule has 5 rings (SSSR count). The van der Waals surface area contributed by atoms with Gasteiger partial charge in [-0.05, 0) is 17.7 Å². The number of H-pyrrole nitrogens is 1. The third-order valence-corrected chi connectivity index (χ3v) is 4.93. The number of hydrogen-bond donors (Lipinski definition) is 0. The van der Waals surface area contributed by atoms with Crippen LogP contribution in [-0.4, -0.2) is 39.1 Å². The van der Waals surface area contributed by atoms with Gasteiger partial charge in [0.15, 0.2) is 11.7 Å². The van der Waals surface area contributed by atoms with Gasteiger partial charge >= 0.3 is 5.56 Å². The molecule has 0 aliphatic carbocycles. The van der Waals surface area contributed by atoms with Gasteiger partial charge in [-0.3, -0.25) is 0 Å². The molecule has 0 fully saturated rings. The van der Waals surface area contributed by atoms with E-state index in [2.05, 4.69) is 10.1 Å². The van der Waals surface area contributed by atoms with E-state index in [0.717, 1.165) is 16.6 Å². The Kier molecular flexibility index (Phi) is 4.53. The summed E-state index contributed by atoms with van der Waals surface area (Å²) in [5, 5.41) is 5.07. The lowest BCUT2D eigenvalue weighted by Crippen LogP contribution is -2.28. The fourth-order valence-corrected chi connectivity index (χ4v) is 3.44. The van der Waals surface area contributed by atoms with Crippen LogP contribution in [0.15, 0.2) is 70.8 Å². The molecule has 0 spiro atoms. The van der Waals surface area contributed by atoms with Crippen molar-refractivity contribution < 1.29 is 9.72 Å². The van der Waals surface area contributed by atoms with Crippen molar-refractivity contribution in [1.29, 1.82) is 0 Å². The first kappa shape index (κ1) is 18.1. The number of rotatable bonds is 5. The van der Waals surface area contributed by atoms with Crippen molar-refractivity contribution in [3.63, 3.8) is 0 Å². The van der Waals surface area contributed by atoms with Gasteiger partial charge in [-0.25, -0.2) is 24.3 Å². The molecule has 5 aromatic rings. The van der Waals surface area contributed by atoms with Crippen LogP contribution in [0, 0.1) is 0 Å². The fraction of sp³-hybridized carbons (Fsp3) is 0.136. The topological polar surface area (TPSA) is 88.4 Å². The summed E-state index contributed by atoms with van der Waals surface area (Å²) in [7, 11) is 1.61. The van der Waals surface area contributed by atoms with Gasteiger partial charge in [0.1, 0.15) is 5.52 Å². The molecular weight excluding hydrogens is 380 g/mol. The van der Waals surface area contributed by atoms with E-state index in [9.17, 15) is 4.79 Å². The summed E-state index contributed by atoms with van der Waals surface area (Å²) in [4.78, 5) is 25.9. The lowest BCUT2D eigenvalue weighted by atomic mass is 10.2. The molecule has 8 heteroatoms. The molecule has 0 atom stereocenters. The maximum Gasteiger partial charge on any atom is 0.322 e. The minimum atomic E-state index is -0.163. The van der Waals surface area contributed by atoms with E-state index in [1.54, 1.807) is 28.9 Å². The average Bonchev–Trinajstić information content (AvgIpc) is 3.09. The molecule has 0 aliphatic heterocycles. The quantitative estimate of drug-likeness (QED) is 0.424. The molecule has 3 heterocycles. The summed E-state index contributed by atoms with van der Waals surface area (Å²) >= 11 is 0. The van der Waals surface area contributed by atoms with Gasteiger partial charge in [0, 0.05) is 7.11 Å². The van der Waals surface area contributed by atoms with E-state index in [4.69, 9.17) is 14.7 Å². The molecule has 0 radical (unpaired) electrons. The number of aromatic amines is 1. The van der Waals surface area contributed by atoms with E-state index >= 15 is 0 Å². The van der Waals surface area contributed by atoms with Crippen LogP contribution < -0.4 is 10.5 Å². The van der Waals surface area contributed by atoms with Crippen LogP contribution in [0.4, 0.5) is 0 Å². The Hall–Kier alpha value is -3.91. The van der Waals surface area contributed by atoms with Crippen molar-refractivity contribution in [3.8, 4) is 0 Å². The van der Waals surface area contributed by atoms with E-state index in [0.29, 0.717) is 35.3 Å². The van der Waals surface area contributed by atoms with Crippen LogP contribution in [0.5, 0.6) is 0 Å². The van der Waals surface area contributed by atoms with Crippen LogP contribution in [0.3, 0.4) is 0 Å². The number of ether oxygens (including phenoxy) is 1. The predicted molar refractivity (Wildman–Crippen MR) is 115 cm³/mol. The Balaban J connectivity index is 1.82. The van der Waals surface area contributed by atoms with E-state index in [1.165, 1.54) is 0 Å². The van der Waals surface area contributed by atoms with Gasteiger partial charge < -0.3 is 4.74 Å². The summed E-state index contributed by atoms with van der Waals surface area (Å²) in [6.45, 7) is 0.863.